The van der Waals surface area contributed by atoms with Gasteiger partial charge in [-0.1, -0.05) is 92.5 Å². The fourth-order valence-corrected chi connectivity index (χ4v) is 4.42. The van der Waals surface area contributed by atoms with Gasteiger partial charge in [-0.05, 0) is 79.4 Å². The van der Waals surface area contributed by atoms with Crippen LogP contribution < -0.4 is 4.90 Å². The van der Waals surface area contributed by atoms with Crippen LogP contribution in [0.25, 0.3) is 5.53 Å². The third-order valence-electron chi connectivity index (χ3n) is 5.97. The van der Waals surface area contributed by atoms with E-state index in [0.29, 0.717) is 0 Å². The first-order valence-corrected chi connectivity index (χ1v) is 13.7. The zero-order valence-electron chi connectivity index (χ0n) is 23.9. The third kappa shape index (κ3) is 8.35. The molecule has 4 nitrogen and oxygen atoms in total. The van der Waals surface area contributed by atoms with Crippen molar-refractivity contribution in [1.82, 2.24) is 0 Å². The van der Waals surface area contributed by atoms with Gasteiger partial charge in [-0.15, -0.1) is 0 Å². The summed E-state index contributed by atoms with van der Waals surface area (Å²) in [5.74, 6) is 0. The van der Waals surface area contributed by atoms with Gasteiger partial charge >= 0.3 is 0 Å². The van der Waals surface area contributed by atoms with Gasteiger partial charge in [0.2, 0.25) is 0 Å². The Bertz CT molecular complexity index is 1490. The Morgan fingerprint density at radius 3 is 1.95 bits per heavy atom. The van der Waals surface area contributed by atoms with E-state index in [0.717, 1.165) is 25.9 Å². The van der Waals surface area contributed by atoms with Crippen molar-refractivity contribution >= 4 is 55.6 Å². The van der Waals surface area contributed by atoms with Crippen LogP contribution in [0, 0.1) is 13.8 Å². The lowest BCUT2D eigenvalue weighted by molar-refractivity contribution is 0.00297. The molecule has 5 rings (SSSR count). The van der Waals surface area contributed by atoms with E-state index in [1.54, 1.807) is 0 Å². The fraction of sp³-hybridized carbons (Fsp3) is 0.188. The molecule has 0 aliphatic carbocycles. The molecule has 1 fully saturated rings. The maximum atomic E-state index is 8.50. The van der Waals surface area contributed by atoms with Gasteiger partial charge in [-0.25, -0.2) is 0 Å². The summed E-state index contributed by atoms with van der Waals surface area (Å²) in [5.41, 5.74) is 14.4. The van der Waals surface area contributed by atoms with E-state index < -0.39 is 6.02 Å². The van der Waals surface area contributed by atoms with Gasteiger partial charge in [0.25, 0.3) is 6.19 Å². The third-order valence-corrected chi connectivity index (χ3v) is 7.02. The van der Waals surface area contributed by atoms with Crippen molar-refractivity contribution in [3.63, 3.8) is 0 Å². The molecule has 0 radical (unpaired) electrons. The summed E-state index contributed by atoms with van der Waals surface area (Å²) < 4.78 is 17.0. The first-order valence-electron chi connectivity index (χ1n) is 13.2. The van der Waals surface area contributed by atoms with Crippen LogP contribution in [-0.2, 0) is 0 Å². The van der Waals surface area contributed by atoms with Crippen molar-refractivity contribution in [1.29, 1.82) is 0 Å². The number of nitrogens with zero attached hydrogens (tertiary/aromatic N) is 4. The Balaban J connectivity index is 0.000000191. The highest BCUT2D eigenvalue weighted by Gasteiger charge is 2.45. The second-order valence-electron chi connectivity index (χ2n) is 8.67. The number of para-hydroxylation sites is 2. The van der Waals surface area contributed by atoms with Gasteiger partial charge in [0.15, 0.2) is 1.37 Å². The Morgan fingerprint density at radius 1 is 0.868 bits per heavy atom. The highest BCUT2D eigenvalue weighted by atomic mass is 79.9. The zero-order valence-corrected chi connectivity index (χ0v) is 25.1. The number of anilines is 1. The monoisotopic (exact) mass is 632 g/mol. The number of halogens is 2. The Labute approximate surface area is 245 Å². The number of hydrogen-bond acceptors (Lipinski definition) is 2. The van der Waals surface area contributed by atoms with Gasteiger partial charge in [-0.2, -0.15) is 4.79 Å². The number of rotatable bonds is 4. The molecule has 38 heavy (non-hydrogen) atoms. The molecule has 0 amide bonds. The number of benzene rings is 4. The van der Waals surface area contributed by atoms with Crippen LogP contribution in [-0.4, -0.2) is 23.2 Å². The van der Waals surface area contributed by atoms with Crippen molar-refractivity contribution in [2.75, 3.05) is 4.90 Å². The van der Waals surface area contributed by atoms with Gasteiger partial charge in [0.05, 0.1) is 19.1 Å². The summed E-state index contributed by atoms with van der Waals surface area (Å²) in [6.45, 7) is 7.53. The molecule has 0 spiro atoms. The largest absolute Gasteiger partial charge is 0.362 e. The minimum absolute atomic E-state index is 0.0648. The van der Waals surface area contributed by atoms with Crippen LogP contribution in [0.2, 0.25) is 0 Å². The van der Waals surface area contributed by atoms with Gasteiger partial charge < -0.3 is 10.4 Å². The maximum Gasteiger partial charge on any atom is 0.254 e. The molecule has 1 heterocycles. The first-order chi connectivity index (χ1) is 19.0. The molecule has 0 bridgehead atoms. The topological polar surface area (TPSA) is 51.8 Å². The van der Waals surface area contributed by atoms with Crippen molar-refractivity contribution in [2.45, 2.75) is 39.8 Å². The highest BCUT2D eigenvalue weighted by Crippen LogP contribution is 2.47. The zero-order chi connectivity index (χ0) is 29.3. The van der Waals surface area contributed by atoms with Gasteiger partial charge in [0, 0.05) is 27.8 Å². The smallest absolute Gasteiger partial charge is 0.254 e. The SMILES string of the molecule is Cc1ccccc1N=Cc1ccc(Br)cc1.[2H]C(C)=[N+]=[N-].[2H][C@]1(C)[C@@H](c2ccc(Br)cc2)N1c1ccccc1C. The second kappa shape index (κ2) is 14.6. The van der Waals surface area contributed by atoms with Crippen LogP contribution in [0.5, 0.6) is 0 Å². The molecule has 0 N–H and O–H groups in total. The van der Waals surface area contributed by atoms with E-state index in [1.165, 1.54) is 23.6 Å². The summed E-state index contributed by atoms with van der Waals surface area (Å²) in [6.07, 6.45) is 1.82. The lowest BCUT2D eigenvalue weighted by Gasteiger charge is -2.09. The van der Waals surface area contributed by atoms with Crippen LogP contribution in [0.15, 0.2) is 111 Å². The average Bonchev–Trinajstić information content (AvgIpc) is 3.51. The van der Waals surface area contributed by atoms with Crippen molar-refractivity contribution in [3.05, 3.63) is 134 Å². The maximum absolute atomic E-state index is 8.50. The predicted octanol–water partition coefficient (Wildman–Crippen LogP) is 9.52. The average molecular weight is 634 g/mol. The van der Waals surface area contributed by atoms with Gasteiger partial charge in [0.1, 0.15) is 0 Å². The number of aliphatic imine (C=N–C) groups is 1. The van der Waals surface area contributed by atoms with E-state index in [-0.39, 0.29) is 12.2 Å². The number of aryl methyl sites for hydroxylation is 2. The molecule has 1 saturated heterocycles. The van der Waals surface area contributed by atoms with E-state index in [1.807, 2.05) is 79.9 Å². The summed E-state index contributed by atoms with van der Waals surface area (Å²) in [4.78, 5) is 9.11. The van der Waals surface area contributed by atoms with E-state index in [9.17, 15) is 0 Å². The molecule has 4 aromatic carbocycles. The molecule has 0 saturated carbocycles. The standard InChI is InChI=1S/C16H16BrN.C14H12BrN.C2H4N2/c1-11-5-3-4-6-15(11)18-12(2)16(18)13-7-9-14(17)10-8-13;1-11-4-2-3-5-14(11)16-10-12-6-8-13(15)9-7-12;1-2-4-3/h3-10,12,16H,1-2H3;2-10H,1H3;2H,1H3/t12-,16-,18?;;/m0../s1/i12D;;2D. The second-order valence-corrected chi connectivity index (χ2v) is 10.5. The fourth-order valence-electron chi connectivity index (χ4n) is 3.89. The van der Waals surface area contributed by atoms with E-state index in [4.69, 9.17) is 8.27 Å². The molecule has 6 heteroatoms. The molecule has 4 aromatic rings. The lowest BCUT2D eigenvalue weighted by atomic mass is 10.1. The molecule has 0 aromatic heterocycles. The van der Waals surface area contributed by atoms with Crippen molar-refractivity contribution in [2.24, 2.45) is 4.99 Å². The quantitative estimate of drug-likeness (QED) is 0.0955. The van der Waals surface area contributed by atoms with Crippen LogP contribution >= 0.6 is 31.9 Å². The van der Waals surface area contributed by atoms with Crippen LogP contribution in [0.1, 0.15) is 44.9 Å². The molecule has 194 valence electrons. The molecular formula is C32H32Br2N4. The number of hydrogen-bond donors (Lipinski definition) is 0. The Hall–Kier alpha value is -3.31. The minimum atomic E-state index is -0.556. The predicted molar refractivity (Wildman–Crippen MR) is 168 cm³/mol. The Kier molecular flexibility index (Phi) is 10.1. The summed E-state index contributed by atoms with van der Waals surface area (Å²) in [6, 6.07) is 32.3. The van der Waals surface area contributed by atoms with Gasteiger partial charge in [-0.3, -0.25) is 4.99 Å². The normalized spacial score (nSPS) is 18.2. The molecule has 1 aliphatic rings. The summed E-state index contributed by atoms with van der Waals surface area (Å²) in [5, 5.41) is 0. The first kappa shape index (κ1) is 26.3. The molecule has 1 aliphatic heterocycles. The Morgan fingerprint density at radius 2 is 1.39 bits per heavy atom. The minimum Gasteiger partial charge on any atom is -0.362 e. The molecule has 2 atom stereocenters. The lowest BCUT2D eigenvalue weighted by Crippen LogP contribution is -1.98. The van der Waals surface area contributed by atoms with Crippen molar-refractivity contribution in [3.8, 4) is 0 Å². The van der Waals surface area contributed by atoms with Crippen molar-refractivity contribution < 1.29 is 7.53 Å². The summed E-state index contributed by atoms with van der Waals surface area (Å²) in [7, 11) is 0. The van der Waals surface area contributed by atoms with Crippen LogP contribution in [0.4, 0.5) is 11.4 Å². The molecular weight excluding hydrogens is 600 g/mol. The summed E-state index contributed by atoms with van der Waals surface area (Å²) >= 11 is 6.86. The van der Waals surface area contributed by atoms with Crippen LogP contribution in [0.3, 0.4) is 0 Å². The molecule has 0 unspecified atom stereocenters. The van der Waals surface area contributed by atoms with E-state index in [2.05, 4.69) is 90.7 Å². The van der Waals surface area contributed by atoms with E-state index >= 15 is 0 Å². The highest BCUT2D eigenvalue weighted by molar-refractivity contribution is 9.10.